The SMILES string of the molecule is CNS(=O)(=O)c1cc(NC(=O)CNC(=O)c2ccccc2)ccc1C. The van der Waals surface area contributed by atoms with E-state index in [0.29, 0.717) is 16.8 Å². The molecule has 0 spiro atoms. The van der Waals surface area contributed by atoms with Crippen LogP contribution in [-0.2, 0) is 14.8 Å². The summed E-state index contributed by atoms with van der Waals surface area (Å²) < 4.78 is 26.1. The number of nitrogens with one attached hydrogen (secondary N) is 3. The van der Waals surface area contributed by atoms with E-state index in [1.165, 1.54) is 13.1 Å². The van der Waals surface area contributed by atoms with Crippen LogP contribution in [0.3, 0.4) is 0 Å². The maximum Gasteiger partial charge on any atom is 0.251 e. The van der Waals surface area contributed by atoms with Crippen LogP contribution in [0.4, 0.5) is 5.69 Å². The molecule has 2 aromatic rings. The van der Waals surface area contributed by atoms with Crippen molar-refractivity contribution in [1.82, 2.24) is 10.0 Å². The molecule has 0 aromatic heterocycles. The Morgan fingerprint density at radius 1 is 1.04 bits per heavy atom. The molecular weight excluding hydrogens is 342 g/mol. The van der Waals surface area contributed by atoms with Crippen molar-refractivity contribution in [2.24, 2.45) is 0 Å². The molecular formula is C17H19N3O4S. The van der Waals surface area contributed by atoms with E-state index in [4.69, 9.17) is 0 Å². The van der Waals surface area contributed by atoms with Gasteiger partial charge in [0.15, 0.2) is 0 Å². The average molecular weight is 361 g/mol. The van der Waals surface area contributed by atoms with Crippen molar-refractivity contribution >= 4 is 27.5 Å². The van der Waals surface area contributed by atoms with E-state index in [2.05, 4.69) is 15.4 Å². The van der Waals surface area contributed by atoms with Crippen molar-refractivity contribution in [3.05, 3.63) is 59.7 Å². The summed E-state index contributed by atoms with van der Waals surface area (Å²) in [5.74, 6) is -0.820. The Morgan fingerprint density at radius 2 is 1.72 bits per heavy atom. The fraction of sp³-hybridized carbons (Fsp3) is 0.176. The molecule has 0 unspecified atom stereocenters. The molecule has 2 aromatic carbocycles. The molecule has 0 heterocycles. The fourth-order valence-corrected chi connectivity index (χ4v) is 3.13. The zero-order valence-corrected chi connectivity index (χ0v) is 14.7. The predicted molar refractivity (Wildman–Crippen MR) is 94.8 cm³/mol. The first-order chi connectivity index (χ1) is 11.8. The van der Waals surface area contributed by atoms with Gasteiger partial charge in [0, 0.05) is 11.3 Å². The minimum atomic E-state index is -3.62. The van der Waals surface area contributed by atoms with Crippen molar-refractivity contribution in [3.63, 3.8) is 0 Å². The monoisotopic (exact) mass is 361 g/mol. The van der Waals surface area contributed by atoms with Gasteiger partial charge in [0.1, 0.15) is 0 Å². The summed E-state index contributed by atoms with van der Waals surface area (Å²) in [7, 11) is -2.30. The molecule has 7 nitrogen and oxygen atoms in total. The van der Waals surface area contributed by atoms with Crippen LogP contribution in [0.1, 0.15) is 15.9 Å². The molecule has 0 atom stereocenters. The Bertz CT molecular complexity index is 880. The van der Waals surface area contributed by atoms with Gasteiger partial charge in [-0.2, -0.15) is 0 Å². The highest BCUT2D eigenvalue weighted by molar-refractivity contribution is 7.89. The largest absolute Gasteiger partial charge is 0.343 e. The van der Waals surface area contributed by atoms with E-state index in [1.807, 2.05) is 0 Å². The molecule has 132 valence electrons. The van der Waals surface area contributed by atoms with Crippen molar-refractivity contribution in [2.75, 3.05) is 18.9 Å². The zero-order valence-electron chi connectivity index (χ0n) is 13.9. The summed E-state index contributed by atoms with van der Waals surface area (Å²) in [6.07, 6.45) is 0. The second-order valence-electron chi connectivity index (χ2n) is 5.28. The van der Waals surface area contributed by atoms with Gasteiger partial charge in [-0.1, -0.05) is 24.3 Å². The fourth-order valence-electron chi connectivity index (χ4n) is 2.13. The number of rotatable bonds is 6. The Labute approximate surface area is 146 Å². The van der Waals surface area contributed by atoms with Gasteiger partial charge in [-0.15, -0.1) is 0 Å². The van der Waals surface area contributed by atoms with Crippen LogP contribution in [-0.4, -0.2) is 33.8 Å². The summed E-state index contributed by atoms with van der Waals surface area (Å²) in [6, 6.07) is 13.1. The van der Waals surface area contributed by atoms with Crippen molar-refractivity contribution in [2.45, 2.75) is 11.8 Å². The van der Waals surface area contributed by atoms with Crippen LogP contribution in [0.5, 0.6) is 0 Å². The average Bonchev–Trinajstić information content (AvgIpc) is 2.62. The third-order valence-electron chi connectivity index (χ3n) is 3.48. The normalized spacial score (nSPS) is 11.0. The number of hydrogen-bond donors (Lipinski definition) is 3. The van der Waals surface area contributed by atoms with Crippen LogP contribution < -0.4 is 15.4 Å². The summed E-state index contributed by atoms with van der Waals surface area (Å²) in [6.45, 7) is 1.44. The number of aryl methyl sites for hydroxylation is 1. The third kappa shape index (κ3) is 4.88. The first-order valence-corrected chi connectivity index (χ1v) is 8.99. The lowest BCUT2D eigenvalue weighted by Crippen LogP contribution is -2.32. The van der Waals surface area contributed by atoms with Gasteiger partial charge >= 0.3 is 0 Å². The smallest absolute Gasteiger partial charge is 0.251 e. The molecule has 0 saturated carbocycles. The van der Waals surface area contributed by atoms with Crippen LogP contribution in [0.2, 0.25) is 0 Å². The lowest BCUT2D eigenvalue weighted by atomic mass is 10.2. The molecule has 2 rings (SSSR count). The molecule has 0 radical (unpaired) electrons. The summed E-state index contributed by atoms with van der Waals surface area (Å²) in [5.41, 5.74) is 1.34. The topological polar surface area (TPSA) is 104 Å². The van der Waals surface area contributed by atoms with E-state index in [9.17, 15) is 18.0 Å². The Hall–Kier alpha value is -2.71. The van der Waals surface area contributed by atoms with Gasteiger partial charge in [0.05, 0.1) is 11.4 Å². The molecule has 2 amide bonds. The quantitative estimate of drug-likeness (QED) is 0.721. The van der Waals surface area contributed by atoms with Crippen molar-refractivity contribution < 1.29 is 18.0 Å². The van der Waals surface area contributed by atoms with E-state index in [0.717, 1.165) is 0 Å². The summed E-state index contributed by atoms with van der Waals surface area (Å²) >= 11 is 0. The van der Waals surface area contributed by atoms with Gasteiger partial charge in [0.2, 0.25) is 15.9 Å². The molecule has 0 saturated heterocycles. The Kier molecular flexibility index (Phi) is 5.89. The molecule has 0 aliphatic heterocycles. The lowest BCUT2D eigenvalue weighted by molar-refractivity contribution is -0.115. The van der Waals surface area contributed by atoms with Gasteiger partial charge in [-0.3, -0.25) is 9.59 Å². The maximum atomic E-state index is 12.0. The minimum absolute atomic E-state index is 0.0844. The van der Waals surface area contributed by atoms with Crippen LogP contribution in [0.15, 0.2) is 53.4 Å². The predicted octanol–water partition coefficient (Wildman–Crippen LogP) is 1.27. The maximum absolute atomic E-state index is 12.0. The van der Waals surface area contributed by atoms with Gasteiger partial charge < -0.3 is 10.6 Å². The molecule has 3 N–H and O–H groups in total. The molecule has 0 fully saturated rings. The van der Waals surface area contributed by atoms with E-state index in [1.54, 1.807) is 49.4 Å². The van der Waals surface area contributed by atoms with Crippen molar-refractivity contribution in [1.29, 1.82) is 0 Å². The first kappa shape index (κ1) is 18.6. The second-order valence-corrected chi connectivity index (χ2v) is 7.14. The standard InChI is InChI=1S/C17H19N3O4S/c1-12-8-9-14(10-15(12)25(23,24)18-2)20-16(21)11-19-17(22)13-6-4-3-5-7-13/h3-10,18H,11H2,1-2H3,(H,19,22)(H,20,21). The highest BCUT2D eigenvalue weighted by Crippen LogP contribution is 2.19. The molecule has 8 heteroatoms. The minimum Gasteiger partial charge on any atom is -0.343 e. The van der Waals surface area contributed by atoms with Crippen LogP contribution in [0.25, 0.3) is 0 Å². The van der Waals surface area contributed by atoms with Gasteiger partial charge in [-0.05, 0) is 43.8 Å². The highest BCUT2D eigenvalue weighted by Gasteiger charge is 2.16. The number of amides is 2. The van der Waals surface area contributed by atoms with E-state index < -0.39 is 15.9 Å². The lowest BCUT2D eigenvalue weighted by Gasteiger charge is -2.11. The van der Waals surface area contributed by atoms with Gasteiger partial charge in [0.25, 0.3) is 5.91 Å². The zero-order chi connectivity index (χ0) is 18.4. The second kappa shape index (κ2) is 7.91. The van der Waals surface area contributed by atoms with Gasteiger partial charge in [-0.25, -0.2) is 13.1 Å². The van der Waals surface area contributed by atoms with E-state index in [-0.39, 0.29) is 17.3 Å². The number of anilines is 1. The third-order valence-corrected chi connectivity index (χ3v) is 5.03. The Morgan fingerprint density at radius 3 is 2.36 bits per heavy atom. The summed E-state index contributed by atoms with van der Waals surface area (Å²) in [4.78, 5) is 23.9. The first-order valence-electron chi connectivity index (χ1n) is 7.51. The molecule has 0 aliphatic rings. The van der Waals surface area contributed by atoms with Crippen LogP contribution in [0, 0.1) is 6.92 Å². The number of sulfonamides is 1. The number of hydrogen-bond acceptors (Lipinski definition) is 4. The highest BCUT2D eigenvalue weighted by atomic mass is 32.2. The molecule has 25 heavy (non-hydrogen) atoms. The van der Waals surface area contributed by atoms with E-state index >= 15 is 0 Å². The number of carbonyl (C=O) groups excluding carboxylic acids is 2. The van der Waals surface area contributed by atoms with Crippen molar-refractivity contribution in [3.8, 4) is 0 Å². The molecule has 0 bridgehead atoms. The molecule has 0 aliphatic carbocycles. The number of benzene rings is 2. The number of carbonyl (C=O) groups is 2. The van der Waals surface area contributed by atoms with Crippen LogP contribution >= 0.6 is 0 Å². The Balaban J connectivity index is 2.01. The summed E-state index contributed by atoms with van der Waals surface area (Å²) in [5, 5.41) is 5.07.